The molecule has 6 nitrogen and oxygen atoms in total. The van der Waals surface area contributed by atoms with Gasteiger partial charge in [0.2, 0.25) is 0 Å². The number of alkyl halides is 3. The summed E-state index contributed by atoms with van der Waals surface area (Å²) >= 11 is 0. The number of hydrogen-bond donors (Lipinski definition) is 3. The zero-order chi connectivity index (χ0) is 20.0. The molecule has 3 N–H and O–H groups in total. The van der Waals surface area contributed by atoms with Crippen molar-refractivity contribution in [1.29, 1.82) is 5.26 Å². The van der Waals surface area contributed by atoms with E-state index in [0.29, 0.717) is 5.69 Å². The van der Waals surface area contributed by atoms with Gasteiger partial charge in [0.25, 0.3) is 5.91 Å². The van der Waals surface area contributed by atoms with E-state index in [0.717, 1.165) is 18.3 Å². The number of benzene rings is 2. The monoisotopic (exact) mass is 375 g/mol. The van der Waals surface area contributed by atoms with Crippen LogP contribution in [0, 0.1) is 11.3 Å². The number of rotatable bonds is 5. The molecule has 0 spiro atoms. The fourth-order valence-electron chi connectivity index (χ4n) is 2.04. The first-order valence-corrected chi connectivity index (χ1v) is 7.40. The highest BCUT2D eigenvalue weighted by molar-refractivity contribution is 6.07. The Kier molecular flexibility index (Phi) is 5.82. The van der Waals surface area contributed by atoms with E-state index in [1.54, 1.807) is 6.07 Å². The average Bonchev–Trinajstić information content (AvgIpc) is 2.62. The van der Waals surface area contributed by atoms with Crippen LogP contribution in [0.15, 0.2) is 60.3 Å². The summed E-state index contributed by atoms with van der Waals surface area (Å²) in [6.07, 6.45) is -3.65. The van der Waals surface area contributed by atoms with Gasteiger partial charge in [-0.25, -0.2) is 4.79 Å². The molecular weight excluding hydrogens is 363 g/mol. The number of nitrogens with one attached hydrogen (secondary N) is 2. The van der Waals surface area contributed by atoms with Gasteiger partial charge in [0.05, 0.1) is 16.8 Å². The van der Waals surface area contributed by atoms with E-state index in [1.807, 2.05) is 0 Å². The van der Waals surface area contributed by atoms with Crippen molar-refractivity contribution in [2.24, 2.45) is 0 Å². The highest BCUT2D eigenvalue weighted by Gasteiger charge is 2.33. The Bertz CT molecular complexity index is 929. The Morgan fingerprint density at radius 1 is 1.07 bits per heavy atom. The number of carboxylic acids is 1. The normalized spacial score (nSPS) is 11.4. The lowest BCUT2D eigenvalue weighted by atomic mass is 10.1. The molecule has 2 aromatic rings. The zero-order valence-corrected chi connectivity index (χ0v) is 13.5. The molecular formula is C18H12F3N3O3. The molecule has 0 aliphatic heterocycles. The summed E-state index contributed by atoms with van der Waals surface area (Å²) in [7, 11) is 0. The standard InChI is InChI=1S/C18H12F3N3O3/c19-18(20,21)14-3-1-2-4-15(14)24-16(25)12(9-22)10-23-13-7-5-11(6-8-13)17(26)27/h1-8,10,23H,(H,24,25)(H,26,27)/b12-10-. The quantitative estimate of drug-likeness (QED) is 0.544. The minimum Gasteiger partial charge on any atom is -0.478 e. The van der Waals surface area contributed by atoms with Gasteiger partial charge in [0.15, 0.2) is 0 Å². The predicted molar refractivity (Wildman–Crippen MR) is 90.8 cm³/mol. The first kappa shape index (κ1) is 19.5. The van der Waals surface area contributed by atoms with Crippen molar-refractivity contribution >= 4 is 23.3 Å². The maximum atomic E-state index is 13.0. The summed E-state index contributed by atoms with van der Waals surface area (Å²) in [6, 6.07) is 11.4. The lowest BCUT2D eigenvalue weighted by molar-refractivity contribution is -0.137. The second-order valence-corrected chi connectivity index (χ2v) is 5.19. The van der Waals surface area contributed by atoms with E-state index in [9.17, 15) is 22.8 Å². The van der Waals surface area contributed by atoms with Gasteiger partial charge in [-0.3, -0.25) is 4.79 Å². The van der Waals surface area contributed by atoms with Crippen molar-refractivity contribution in [2.75, 3.05) is 10.6 Å². The Balaban J connectivity index is 2.16. The molecule has 27 heavy (non-hydrogen) atoms. The van der Waals surface area contributed by atoms with Crippen molar-refractivity contribution in [3.63, 3.8) is 0 Å². The number of para-hydroxylation sites is 1. The molecule has 0 radical (unpaired) electrons. The fraction of sp³-hybridized carbons (Fsp3) is 0.0556. The van der Waals surface area contributed by atoms with Crippen LogP contribution in [-0.2, 0) is 11.0 Å². The topological polar surface area (TPSA) is 102 Å². The molecule has 0 aliphatic carbocycles. The van der Waals surface area contributed by atoms with Gasteiger partial charge in [-0.15, -0.1) is 0 Å². The maximum absolute atomic E-state index is 13.0. The smallest absolute Gasteiger partial charge is 0.418 e. The summed E-state index contributed by atoms with van der Waals surface area (Å²) in [6.45, 7) is 0. The molecule has 0 aliphatic rings. The van der Waals surface area contributed by atoms with E-state index < -0.39 is 34.9 Å². The number of anilines is 2. The molecule has 0 heterocycles. The summed E-state index contributed by atoms with van der Waals surface area (Å²) in [5.74, 6) is -2.14. The summed E-state index contributed by atoms with van der Waals surface area (Å²) < 4.78 is 38.9. The largest absolute Gasteiger partial charge is 0.478 e. The van der Waals surface area contributed by atoms with Gasteiger partial charge < -0.3 is 15.7 Å². The molecule has 0 saturated heterocycles. The van der Waals surface area contributed by atoms with Crippen molar-refractivity contribution in [1.82, 2.24) is 0 Å². The Morgan fingerprint density at radius 2 is 1.70 bits per heavy atom. The van der Waals surface area contributed by atoms with E-state index >= 15 is 0 Å². The SMILES string of the molecule is N#C/C(=C/Nc1ccc(C(=O)O)cc1)C(=O)Nc1ccccc1C(F)(F)F. The summed E-state index contributed by atoms with van der Waals surface area (Å²) in [4.78, 5) is 22.9. The molecule has 0 saturated carbocycles. The summed E-state index contributed by atoms with van der Waals surface area (Å²) in [5, 5.41) is 22.6. The first-order valence-electron chi connectivity index (χ1n) is 7.40. The number of nitriles is 1. The number of nitrogens with zero attached hydrogens (tertiary/aromatic N) is 1. The maximum Gasteiger partial charge on any atom is 0.418 e. The van der Waals surface area contributed by atoms with Crippen molar-refractivity contribution < 1.29 is 27.9 Å². The molecule has 0 aromatic heterocycles. The van der Waals surface area contributed by atoms with Crippen molar-refractivity contribution in [3.05, 3.63) is 71.4 Å². The van der Waals surface area contributed by atoms with Gasteiger partial charge in [0.1, 0.15) is 11.6 Å². The third-order valence-electron chi connectivity index (χ3n) is 3.36. The Labute approximate surface area is 151 Å². The molecule has 138 valence electrons. The number of carboxylic acid groups (broad SMARTS) is 1. The van der Waals surface area contributed by atoms with Gasteiger partial charge in [-0.2, -0.15) is 18.4 Å². The van der Waals surface area contributed by atoms with Crippen LogP contribution in [0.3, 0.4) is 0 Å². The minimum absolute atomic E-state index is 0.0477. The highest BCUT2D eigenvalue weighted by atomic mass is 19.4. The van der Waals surface area contributed by atoms with Crippen LogP contribution in [0.2, 0.25) is 0 Å². The van der Waals surface area contributed by atoms with Crippen LogP contribution in [0.25, 0.3) is 0 Å². The number of carbonyl (C=O) groups is 2. The number of hydrogen-bond acceptors (Lipinski definition) is 4. The molecule has 2 aromatic carbocycles. The number of aromatic carboxylic acids is 1. The molecule has 0 unspecified atom stereocenters. The first-order chi connectivity index (χ1) is 12.7. The summed E-state index contributed by atoms with van der Waals surface area (Å²) in [5.41, 5.74) is -1.54. The van der Waals surface area contributed by atoms with Crippen LogP contribution in [-0.4, -0.2) is 17.0 Å². The van der Waals surface area contributed by atoms with E-state index in [-0.39, 0.29) is 5.56 Å². The van der Waals surface area contributed by atoms with Crippen LogP contribution < -0.4 is 10.6 Å². The van der Waals surface area contributed by atoms with Crippen LogP contribution >= 0.6 is 0 Å². The lowest BCUT2D eigenvalue weighted by Crippen LogP contribution is -2.18. The Morgan fingerprint density at radius 3 is 2.26 bits per heavy atom. The highest BCUT2D eigenvalue weighted by Crippen LogP contribution is 2.34. The molecule has 0 bridgehead atoms. The van der Waals surface area contributed by atoms with Gasteiger partial charge >= 0.3 is 12.1 Å². The van der Waals surface area contributed by atoms with E-state index in [1.165, 1.54) is 36.4 Å². The molecule has 2 rings (SSSR count). The minimum atomic E-state index is -4.66. The fourth-order valence-corrected chi connectivity index (χ4v) is 2.04. The third-order valence-corrected chi connectivity index (χ3v) is 3.36. The van der Waals surface area contributed by atoms with Gasteiger partial charge in [0, 0.05) is 11.9 Å². The molecule has 9 heteroatoms. The number of amides is 1. The molecule has 0 fully saturated rings. The Hall–Kier alpha value is -3.80. The third kappa shape index (κ3) is 5.09. The van der Waals surface area contributed by atoms with Gasteiger partial charge in [-0.05, 0) is 36.4 Å². The van der Waals surface area contributed by atoms with Crippen LogP contribution in [0.1, 0.15) is 15.9 Å². The van der Waals surface area contributed by atoms with Crippen molar-refractivity contribution in [2.45, 2.75) is 6.18 Å². The molecule has 0 atom stereocenters. The second kappa shape index (κ2) is 8.05. The number of halogens is 3. The second-order valence-electron chi connectivity index (χ2n) is 5.19. The van der Waals surface area contributed by atoms with Crippen LogP contribution in [0.4, 0.5) is 24.5 Å². The van der Waals surface area contributed by atoms with Crippen LogP contribution in [0.5, 0.6) is 0 Å². The number of carbonyl (C=O) groups excluding carboxylic acids is 1. The lowest BCUT2D eigenvalue weighted by Gasteiger charge is -2.13. The van der Waals surface area contributed by atoms with E-state index in [4.69, 9.17) is 10.4 Å². The molecule has 1 amide bonds. The van der Waals surface area contributed by atoms with E-state index in [2.05, 4.69) is 10.6 Å². The predicted octanol–water partition coefficient (Wildman–Crippen LogP) is 3.86. The zero-order valence-electron chi connectivity index (χ0n) is 13.5. The van der Waals surface area contributed by atoms with Crippen molar-refractivity contribution in [3.8, 4) is 6.07 Å². The average molecular weight is 375 g/mol. The van der Waals surface area contributed by atoms with Gasteiger partial charge in [-0.1, -0.05) is 12.1 Å².